The molecule has 6 nitrogen and oxygen atoms in total. The first-order valence-electron chi connectivity index (χ1n) is 9.34. The molecule has 2 aliphatic heterocycles. The minimum Gasteiger partial charge on any atom is -0.379 e. The summed E-state index contributed by atoms with van der Waals surface area (Å²) < 4.78 is 63.1. The van der Waals surface area contributed by atoms with Gasteiger partial charge in [-0.3, -0.25) is 4.79 Å². The molecule has 0 unspecified atom stereocenters. The predicted molar refractivity (Wildman–Crippen MR) is 108 cm³/mol. The summed E-state index contributed by atoms with van der Waals surface area (Å²) in [4.78, 5) is 20.1. The van der Waals surface area contributed by atoms with E-state index in [-0.39, 0.29) is 41.3 Å². The smallest absolute Gasteiger partial charge is 0.277 e. The molecule has 3 heterocycles. The number of ether oxygens (including phenoxy) is 1. The number of hydrogen-bond acceptors (Lipinski definition) is 6. The maximum Gasteiger partial charge on any atom is 0.277 e. The molecule has 31 heavy (non-hydrogen) atoms. The third-order valence-electron chi connectivity index (χ3n) is 5.33. The molecule has 1 aromatic heterocycles. The molecule has 0 aliphatic carbocycles. The highest BCUT2D eigenvalue weighted by molar-refractivity contribution is 8.13. The van der Waals surface area contributed by atoms with E-state index in [1.807, 2.05) is 0 Å². The van der Waals surface area contributed by atoms with Crippen molar-refractivity contribution < 1.29 is 27.1 Å². The van der Waals surface area contributed by atoms with Gasteiger partial charge in [0.2, 0.25) is 0 Å². The van der Waals surface area contributed by atoms with E-state index < -0.39 is 40.3 Å². The number of pyridine rings is 1. The number of amidine groups is 1. The number of alkyl halides is 1. The Bertz CT molecular complexity index is 1090. The number of thioether (sulfide) groups is 1. The minimum absolute atomic E-state index is 0.0128. The van der Waals surface area contributed by atoms with Crippen LogP contribution in [0, 0.1) is 17.5 Å². The number of nitrogens with two attached hydrogens (primary N) is 1. The highest BCUT2D eigenvalue weighted by atomic mass is 32.2. The quantitative estimate of drug-likeness (QED) is 0.693. The number of aromatic nitrogens is 1. The fourth-order valence-corrected chi connectivity index (χ4v) is 4.83. The Labute approximate surface area is 179 Å². The standard InChI is InChI=1S/C20H18F4N4O2S/c1-10-6-19(24)9-31-18(25)28-20(19,8-30-10)11-2-12(21)4-14(3-11)27-17(29)16-15(23)5-13(22)7-26-16/h2-5,7,10H,6,8-9H2,1H3,(H2,25,28)(H,27,29)/t10-,19+,20+/m0/s1. The third-order valence-corrected chi connectivity index (χ3v) is 6.32. The van der Waals surface area contributed by atoms with E-state index in [9.17, 15) is 18.0 Å². The maximum absolute atomic E-state index is 16.1. The van der Waals surface area contributed by atoms with Crippen LogP contribution in [0.1, 0.15) is 29.4 Å². The Balaban J connectivity index is 1.73. The molecule has 0 radical (unpaired) electrons. The number of anilines is 1. The van der Waals surface area contributed by atoms with Gasteiger partial charge in [-0.15, -0.1) is 0 Å². The fraction of sp³-hybridized carbons (Fsp3) is 0.350. The number of aliphatic imine (C=N–C) groups is 1. The number of nitrogens with one attached hydrogen (secondary N) is 1. The monoisotopic (exact) mass is 454 g/mol. The van der Waals surface area contributed by atoms with Gasteiger partial charge in [0.15, 0.2) is 22.3 Å². The SMILES string of the molecule is C[C@H]1C[C@@]2(F)CSC(N)=N[C@@]2(c2cc(F)cc(NC(=O)c3ncc(F)cc3F)c2)CO1. The van der Waals surface area contributed by atoms with Crippen LogP contribution in [0.2, 0.25) is 0 Å². The van der Waals surface area contributed by atoms with Gasteiger partial charge in [-0.2, -0.15) is 0 Å². The van der Waals surface area contributed by atoms with Crippen LogP contribution in [0.5, 0.6) is 0 Å². The Kier molecular flexibility index (Phi) is 5.42. The lowest BCUT2D eigenvalue weighted by atomic mass is 9.73. The first-order chi connectivity index (χ1) is 14.6. The van der Waals surface area contributed by atoms with Crippen LogP contribution in [-0.2, 0) is 10.3 Å². The van der Waals surface area contributed by atoms with E-state index in [4.69, 9.17) is 10.5 Å². The maximum atomic E-state index is 16.1. The van der Waals surface area contributed by atoms with Crippen molar-refractivity contribution >= 4 is 28.5 Å². The molecular weight excluding hydrogens is 436 g/mol. The van der Waals surface area contributed by atoms with Gasteiger partial charge in [-0.05, 0) is 30.7 Å². The Hall–Kier alpha value is -2.66. The number of benzene rings is 1. The number of hydrogen-bond donors (Lipinski definition) is 2. The van der Waals surface area contributed by atoms with Gasteiger partial charge in [0.25, 0.3) is 5.91 Å². The van der Waals surface area contributed by atoms with Gasteiger partial charge < -0.3 is 15.8 Å². The summed E-state index contributed by atoms with van der Waals surface area (Å²) >= 11 is 1.07. The van der Waals surface area contributed by atoms with Gasteiger partial charge >= 0.3 is 0 Å². The number of carbonyl (C=O) groups excluding carboxylic acids is 1. The first kappa shape index (κ1) is 21.6. The highest BCUT2D eigenvalue weighted by Crippen LogP contribution is 2.51. The number of rotatable bonds is 3. The Morgan fingerprint density at radius 2 is 2.03 bits per heavy atom. The second kappa shape index (κ2) is 7.79. The Morgan fingerprint density at radius 1 is 1.26 bits per heavy atom. The number of fused-ring (bicyclic) bond motifs is 1. The molecule has 1 saturated heterocycles. The molecule has 1 aromatic carbocycles. The average Bonchev–Trinajstić information content (AvgIpc) is 2.68. The van der Waals surface area contributed by atoms with Crippen molar-refractivity contribution in [2.45, 2.75) is 30.7 Å². The van der Waals surface area contributed by atoms with Crippen molar-refractivity contribution in [2.24, 2.45) is 10.7 Å². The van der Waals surface area contributed by atoms with E-state index in [0.29, 0.717) is 12.3 Å². The van der Waals surface area contributed by atoms with Crippen LogP contribution in [0.3, 0.4) is 0 Å². The number of halogens is 4. The second-order valence-corrected chi connectivity index (χ2v) is 8.55. The van der Waals surface area contributed by atoms with Crippen LogP contribution in [0.4, 0.5) is 23.2 Å². The molecule has 2 aromatic rings. The molecule has 164 valence electrons. The molecular formula is C20H18F4N4O2S. The third kappa shape index (κ3) is 3.87. The number of carbonyl (C=O) groups is 1. The van der Waals surface area contributed by atoms with Crippen molar-refractivity contribution in [3.63, 3.8) is 0 Å². The predicted octanol–water partition coefficient (Wildman–Crippen LogP) is 3.53. The van der Waals surface area contributed by atoms with Gasteiger partial charge in [0.05, 0.1) is 18.9 Å². The molecule has 1 amide bonds. The minimum atomic E-state index is -1.86. The van der Waals surface area contributed by atoms with Crippen molar-refractivity contribution in [2.75, 3.05) is 17.7 Å². The number of amides is 1. The van der Waals surface area contributed by atoms with Crippen molar-refractivity contribution in [1.29, 1.82) is 0 Å². The summed E-state index contributed by atoms with van der Waals surface area (Å²) in [6, 6.07) is 3.93. The van der Waals surface area contributed by atoms with Crippen LogP contribution in [0.15, 0.2) is 35.5 Å². The second-order valence-electron chi connectivity index (χ2n) is 7.56. The van der Waals surface area contributed by atoms with E-state index in [0.717, 1.165) is 23.9 Å². The summed E-state index contributed by atoms with van der Waals surface area (Å²) in [6.45, 7) is 1.57. The highest BCUT2D eigenvalue weighted by Gasteiger charge is 2.59. The van der Waals surface area contributed by atoms with Crippen molar-refractivity contribution in [3.05, 3.63) is 59.2 Å². The molecule has 0 bridgehead atoms. The molecule has 1 fully saturated rings. The van der Waals surface area contributed by atoms with E-state index >= 15 is 4.39 Å². The summed E-state index contributed by atoms with van der Waals surface area (Å²) in [6.07, 6.45) is 0.344. The molecule has 0 spiro atoms. The summed E-state index contributed by atoms with van der Waals surface area (Å²) in [7, 11) is 0. The average molecular weight is 454 g/mol. The summed E-state index contributed by atoms with van der Waals surface area (Å²) in [5.41, 5.74) is 1.77. The lowest BCUT2D eigenvalue weighted by Gasteiger charge is -2.49. The molecule has 2 aliphatic rings. The first-order valence-corrected chi connectivity index (χ1v) is 10.3. The van der Waals surface area contributed by atoms with Gasteiger partial charge in [0, 0.05) is 23.9 Å². The van der Waals surface area contributed by atoms with E-state index in [1.54, 1.807) is 6.92 Å². The van der Waals surface area contributed by atoms with Gasteiger partial charge in [-0.1, -0.05) is 11.8 Å². The normalized spacial score (nSPS) is 27.9. The van der Waals surface area contributed by atoms with Gasteiger partial charge in [-0.25, -0.2) is 27.5 Å². The van der Waals surface area contributed by atoms with Crippen LogP contribution in [0.25, 0.3) is 0 Å². The number of nitrogens with zero attached hydrogens (tertiary/aromatic N) is 2. The Morgan fingerprint density at radius 3 is 2.77 bits per heavy atom. The van der Waals surface area contributed by atoms with Gasteiger partial charge in [0.1, 0.15) is 17.2 Å². The summed E-state index contributed by atoms with van der Waals surface area (Å²) in [5, 5.41) is 2.45. The van der Waals surface area contributed by atoms with Crippen molar-refractivity contribution in [3.8, 4) is 0 Å². The zero-order chi connectivity index (χ0) is 22.4. The molecule has 11 heteroatoms. The van der Waals surface area contributed by atoms with Crippen LogP contribution in [-0.4, -0.2) is 40.2 Å². The van der Waals surface area contributed by atoms with Crippen molar-refractivity contribution in [1.82, 2.24) is 4.98 Å². The fourth-order valence-electron chi connectivity index (χ4n) is 3.87. The zero-order valence-electron chi connectivity index (χ0n) is 16.3. The molecule has 3 N–H and O–H groups in total. The topological polar surface area (TPSA) is 89.6 Å². The molecule has 4 rings (SSSR count). The molecule has 3 atom stereocenters. The molecule has 0 saturated carbocycles. The largest absolute Gasteiger partial charge is 0.379 e. The summed E-state index contributed by atoms with van der Waals surface area (Å²) in [5.74, 6) is -3.90. The lowest BCUT2D eigenvalue weighted by molar-refractivity contribution is -0.106. The van der Waals surface area contributed by atoms with Crippen LogP contribution < -0.4 is 11.1 Å². The lowest BCUT2D eigenvalue weighted by Crippen LogP contribution is -2.60. The van der Waals surface area contributed by atoms with E-state index in [1.165, 1.54) is 6.07 Å². The van der Waals surface area contributed by atoms with Crippen LogP contribution >= 0.6 is 11.8 Å². The zero-order valence-corrected chi connectivity index (χ0v) is 17.1. The van der Waals surface area contributed by atoms with E-state index in [2.05, 4.69) is 15.3 Å².